The number of anilines is 1. The number of thiazole rings is 1. The summed E-state index contributed by atoms with van der Waals surface area (Å²) in [5.41, 5.74) is -2.95. The fraction of sp³-hybridized carbons (Fsp3) is 0.500. The Morgan fingerprint density at radius 3 is 2.19 bits per heavy atom. The topological polar surface area (TPSA) is 46.4 Å². The number of nitrogens with one attached hydrogen (secondary N) is 1. The van der Waals surface area contributed by atoms with Crippen LogP contribution in [0, 0.1) is 0 Å². The van der Waals surface area contributed by atoms with E-state index in [1.54, 1.807) is 17.0 Å². The van der Waals surface area contributed by atoms with Crippen molar-refractivity contribution < 1.29 is 31.1 Å². The van der Waals surface area contributed by atoms with Crippen molar-refractivity contribution >= 4 is 22.9 Å². The van der Waals surface area contributed by atoms with Gasteiger partial charge >= 0.3 is 12.4 Å². The molecule has 0 atom stereocenters. The van der Waals surface area contributed by atoms with Gasteiger partial charge in [-0.3, -0.25) is 9.79 Å². The fourth-order valence-electron chi connectivity index (χ4n) is 3.44. The van der Waals surface area contributed by atoms with Crippen molar-refractivity contribution in [1.29, 1.82) is 0 Å². The Morgan fingerprint density at radius 1 is 1.06 bits per heavy atom. The average molecular weight is 465 g/mol. The van der Waals surface area contributed by atoms with Crippen LogP contribution in [0.3, 0.4) is 0 Å². The lowest BCUT2D eigenvalue weighted by Crippen LogP contribution is -2.22. The molecule has 11 heteroatoms. The second-order valence-electron chi connectivity index (χ2n) is 7.51. The number of amides is 1. The van der Waals surface area contributed by atoms with Crippen LogP contribution in [-0.4, -0.2) is 16.5 Å². The number of benzene rings is 1. The van der Waals surface area contributed by atoms with Crippen LogP contribution in [0.5, 0.6) is 0 Å². The van der Waals surface area contributed by atoms with Crippen molar-refractivity contribution in [2.45, 2.75) is 56.9 Å². The maximum atomic E-state index is 13.0. The molecule has 1 saturated carbocycles. The highest BCUT2D eigenvalue weighted by atomic mass is 32.1. The summed E-state index contributed by atoms with van der Waals surface area (Å²) in [5, 5.41) is 3.87. The molecule has 0 saturated heterocycles. The van der Waals surface area contributed by atoms with Crippen molar-refractivity contribution in [3.63, 3.8) is 0 Å². The predicted octanol–water partition coefficient (Wildman–Crippen LogP) is 5.54. The lowest BCUT2D eigenvalue weighted by Gasteiger charge is -2.17. The number of halogens is 6. The Kier molecular flexibility index (Phi) is 6.82. The van der Waals surface area contributed by atoms with Gasteiger partial charge in [-0.25, -0.2) is 0 Å². The minimum absolute atomic E-state index is 0.0214. The van der Waals surface area contributed by atoms with Crippen LogP contribution in [0.15, 0.2) is 28.6 Å². The molecule has 1 aliphatic rings. The SMILES string of the molecule is Cn1c(CC(=O)Nc2cc(C(F)(F)F)cc(C(F)(F)F)c2)csc1=NC1CCCCC1. The number of hydrogen-bond acceptors (Lipinski definition) is 3. The van der Waals surface area contributed by atoms with E-state index >= 15 is 0 Å². The Hall–Kier alpha value is -2.30. The van der Waals surface area contributed by atoms with Gasteiger partial charge < -0.3 is 9.88 Å². The van der Waals surface area contributed by atoms with Crippen molar-refractivity contribution in [3.05, 3.63) is 45.2 Å². The number of carbonyl (C=O) groups excluding carboxylic acids is 1. The normalized spacial score (nSPS) is 16.5. The molecule has 0 radical (unpaired) electrons. The van der Waals surface area contributed by atoms with Gasteiger partial charge in [0.05, 0.1) is 23.6 Å². The molecule has 0 aliphatic heterocycles. The lowest BCUT2D eigenvalue weighted by atomic mass is 9.96. The van der Waals surface area contributed by atoms with Gasteiger partial charge in [0.1, 0.15) is 0 Å². The zero-order chi connectivity index (χ0) is 22.8. The minimum Gasteiger partial charge on any atom is -0.326 e. The first-order valence-corrected chi connectivity index (χ1v) is 10.6. The summed E-state index contributed by atoms with van der Waals surface area (Å²) in [6.45, 7) is 0. The molecule has 4 nitrogen and oxygen atoms in total. The summed E-state index contributed by atoms with van der Waals surface area (Å²) in [5.74, 6) is -0.718. The van der Waals surface area contributed by atoms with E-state index in [1.807, 2.05) is 0 Å². The fourth-order valence-corrected chi connectivity index (χ4v) is 4.41. The van der Waals surface area contributed by atoms with Crippen LogP contribution in [0.25, 0.3) is 0 Å². The van der Waals surface area contributed by atoms with Gasteiger partial charge in [-0.1, -0.05) is 19.3 Å². The van der Waals surface area contributed by atoms with Gasteiger partial charge in [-0.05, 0) is 31.0 Å². The van der Waals surface area contributed by atoms with Crippen LogP contribution in [0.4, 0.5) is 32.0 Å². The van der Waals surface area contributed by atoms with E-state index in [0.717, 1.165) is 30.5 Å². The molecule has 0 spiro atoms. The van der Waals surface area contributed by atoms with E-state index < -0.39 is 35.1 Å². The highest BCUT2D eigenvalue weighted by molar-refractivity contribution is 7.07. The van der Waals surface area contributed by atoms with Gasteiger partial charge in [-0.15, -0.1) is 11.3 Å². The number of alkyl halides is 6. The summed E-state index contributed by atoms with van der Waals surface area (Å²) in [7, 11) is 1.73. The largest absolute Gasteiger partial charge is 0.416 e. The summed E-state index contributed by atoms with van der Waals surface area (Å²) in [6.07, 6.45) is -4.71. The molecule has 3 rings (SSSR count). The zero-order valence-corrected chi connectivity index (χ0v) is 17.4. The Balaban J connectivity index is 1.77. The molecule has 1 aromatic carbocycles. The Morgan fingerprint density at radius 2 is 1.65 bits per heavy atom. The smallest absolute Gasteiger partial charge is 0.326 e. The highest BCUT2D eigenvalue weighted by Gasteiger charge is 2.37. The number of aromatic nitrogens is 1. The van der Waals surface area contributed by atoms with E-state index in [1.165, 1.54) is 17.8 Å². The van der Waals surface area contributed by atoms with E-state index in [4.69, 9.17) is 4.99 Å². The molecule has 1 fully saturated rings. The first-order valence-electron chi connectivity index (χ1n) is 9.70. The van der Waals surface area contributed by atoms with Crippen molar-refractivity contribution in [1.82, 2.24) is 4.57 Å². The quantitative estimate of drug-likeness (QED) is 0.593. The second-order valence-corrected chi connectivity index (χ2v) is 8.35. The van der Waals surface area contributed by atoms with Gasteiger partial charge in [0.15, 0.2) is 4.80 Å². The van der Waals surface area contributed by atoms with Crippen LogP contribution < -0.4 is 10.1 Å². The van der Waals surface area contributed by atoms with Gasteiger partial charge in [0.2, 0.25) is 5.91 Å². The highest BCUT2D eigenvalue weighted by Crippen LogP contribution is 2.37. The first-order chi connectivity index (χ1) is 14.4. The molecule has 31 heavy (non-hydrogen) atoms. The molecule has 1 heterocycles. The van der Waals surface area contributed by atoms with Crippen molar-refractivity contribution in [2.75, 3.05) is 5.32 Å². The zero-order valence-electron chi connectivity index (χ0n) is 16.6. The van der Waals surface area contributed by atoms with Crippen LogP contribution in [0.1, 0.15) is 48.9 Å². The number of carbonyl (C=O) groups is 1. The molecule has 0 bridgehead atoms. The molecule has 2 aromatic rings. The third kappa shape index (κ3) is 6.11. The summed E-state index contributed by atoms with van der Waals surface area (Å²) in [4.78, 5) is 17.8. The molecule has 1 amide bonds. The van der Waals surface area contributed by atoms with Crippen LogP contribution in [-0.2, 0) is 30.6 Å². The molecular weight excluding hydrogens is 444 g/mol. The maximum Gasteiger partial charge on any atom is 0.416 e. The molecule has 170 valence electrons. The minimum atomic E-state index is -4.98. The molecule has 1 aliphatic carbocycles. The first kappa shape index (κ1) is 23.4. The van der Waals surface area contributed by atoms with E-state index in [9.17, 15) is 31.1 Å². The summed E-state index contributed by atoms with van der Waals surface area (Å²) in [6, 6.07) is 1.23. The standard InChI is InChI=1S/C20H21F6N3OS/c1-29-16(11-31-18(29)28-14-5-3-2-4-6-14)10-17(30)27-15-8-12(19(21,22)23)7-13(9-15)20(24,25)26/h7-9,11,14H,2-6,10H2,1H3,(H,27,30). The van der Waals surface area contributed by atoms with E-state index in [0.29, 0.717) is 17.8 Å². The Bertz CT molecular complexity index is 967. The lowest BCUT2D eigenvalue weighted by molar-refractivity contribution is -0.143. The summed E-state index contributed by atoms with van der Waals surface area (Å²) < 4.78 is 79.6. The summed E-state index contributed by atoms with van der Waals surface area (Å²) >= 11 is 1.35. The van der Waals surface area contributed by atoms with Gasteiger partial charge in [-0.2, -0.15) is 26.3 Å². The molecule has 1 aromatic heterocycles. The van der Waals surface area contributed by atoms with Crippen molar-refractivity contribution in [3.8, 4) is 0 Å². The average Bonchev–Trinajstić information content (AvgIpc) is 3.00. The predicted molar refractivity (Wildman–Crippen MR) is 105 cm³/mol. The monoisotopic (exact) mass is 465 g/mol. The molecular formula is C20H21F6N3OS. The third-order valence-corrected chi connectivity index (χ3v) is 6.08. The van der Waals surface area contributed by atoms with E-state index in [-0.39, 0.29) is 18.5 Å². The second kappa shape index (κ2) is 9.05. The maximum absolute atomic E-state index is 13.0. The van der Waals surface area contributed by atoms with Crippen molar-refractivity contribution in [2.24, 2.45) is 12.0 Å². The molecule has 1 N–H and O–H groups in total. The Labute approximate surface area is 178 Å². The van der Waals surface area contributed by atoms with Gasteiger partial charge in [0, 0.05) is 23.8 Å². The number of rotatable bonds is 4. The molecule has 0 unspecified atom stereocenters. The van der Waals surface area contributed by atoms with Crippen LogP contribution >= 0.6 is 11.3 Å². The third-order valence-electron chi connectivity index (χ3n) is 5.10. The number of nitrogens with zero attached hydrogens (tertiary/aromatic N) is 2. The number of hydrogen-bond donors (Lipinski definition) is 1. The van der Waals surface area contributed by atoms with Crippen LogP contribution in [0.2, 0.25) is 0 Å². The van der Waals surface area contributed by atoms with E-state index in [2.05, 4.69) is 5.32 Å². The van der Waals surface area contributed by atoms with Gasteiger partial charge in [0.25, 0.3) is 0 Å².